The second kappa shape index (κ2) is 11.7. The van der Waals surface area contributed by atoms with E-state index in [4.69, 9.17) is 26.2 Å². The number of nitrogens with zero attached hydrogens (tertiary/aromatic N) is 4. The molecule has 0 unspecified atom stereocenters. The normalized spacial score (nSPS) is 14.6. The number of halogens is 4. The second-order valence-electron chi connectivity index (χ2n) is 8.50. The number of anilines is 1. The third kappa shape index (κ3) is 7.04. The van der Waals surface area contributed by atoms with Gasteiger partial charge in [-0.05, 0) is 58.1 Å². The number of aryl methyl sites for hydroxylation is 1. The molecule has 1 amide bonds. The van der Waals surface area contributed by atoms with E-state index in [9.17, 15) is 18.0 Å². The monoisotopic (exact) mass is 541 g/mol. The van der Waals surface area contributed by atoms with E-state index in [1.165, 1.54) is 0 Å². The van der Waals surface area contributed by atoms with Crippen molar-refractivity contribution < 1.29 is 32.6 Å². The van der Waals surface area contributed by atoms with Crippen LogP contribution >= 0.6 is 11.6 Å². The number of ether oxygens (including phenoxy) is 1. The molecule has 1 aromatic carbocycles. The minimum atomic E-state index is -5.08. The molecule has 1 saturated heterocycles. The van der Waals surface area contributed by atoms with Crippen LogP contribution in [0.1, 0.15) is 34.9 Å². The predicted octanol–water partition coefficient (Wildman–Crippen LogP) is 4.80. The summed E-state index contributed by atoms with van der Waals surface area (Å²) in [6.45, 7) is 3.97. The van der Waals surface area contributed by atoms with Crippen molar-refractivity contribution in [2.24, 2.45) is 0 Å². The molecular weight excluding hydrogens is 515 g/mol. The van der Waals surface area contributed by atoms with Crippen LogP contribution in [0.25, 0.3) is 5.69 Å². The Hall–Kier alpha value is -3.51. The van der Waals surface area contributed by atoms with Gasteiger partial charge in [0, 0.05) is 24.5 Å². The summed E-state index contributed by atoms with van der Waals surface area (Å²) in [5.41, 5.74) is 2.01. The Bertz CT molecular complexity index is 1240. The number of carboxylic acid groups (broad SMARTS) is 1. The maximum atomic E-state index is 13.1. The molecular formula is C24H27ClF3N5O4. The zero-order valence-corrected chi connectivity index (χ0v) is 21.2. The van der Waals surface area contributed by atoms with Gasteiger partial charge in [-0.1, -0.05) is 11.6 Å². The van der Waals surface area contributed by atoms with Crippen LogP contribution in [0, 0.1) is 6.92 Å². The first kappa shape index (κ1) is 28.1. The number of methoxy groups -OCH3 is 1. The third-order valence-electron chi connectivity index (χ3n) is 5.77. The van der Waals surface area contributed by atoms with Crippen LogP contribution in [0.3, 0.4) is 0 Å². The van der Waals surface area contributed by atoms with Crippen molar-refractivity contribution >= 4 is 29.3 Å². The summed E-state index contributed by atoms with van der Waals surface area (Å²) in [4.78, 5) is 24.3. The van der Waals surface area contributed by atoms with Crippen LogP contribution in [0.5, 0.6) is 5.75 Å². The number of carbonyl (C=O) groups is 2. The fraction of sp³-hybridized carbons (Fsp3) is 0.375. The van der Waals surface area contributed by atoms with Crippen molar-refractivity contribution in [2.75, 3.05) is 32.6 Å². The molecule has 2 N–H and O–H groups in total. The van der Waals surface area contributed by atoms with Crippen LogP contribution in [0.2, 0.25) is 5.02 Å². The minimum Gasteiger partial charge on any atom is -0.496 e. The highest BCUT2D eigenvalue weighted by molar-refractivity contribution is 6.33. The predicted molar refractivity (Wildman–Crippen MR) is 132 cm³/mol. The molecule has 9 nitrogen and oxygen atoms in total. The third-order valence-corrected chi connectivity index (χ3v) is 6.07. The van der Waals surface area contributed by atoms with Gasteiger partial charge in [0.1, 0.15) is 11.6 Å². The molecule has 0 bridgehead atoms. The van der Waals surface area contributed by atoms with Gasteiger partial charge in [0.2, 0.25) is 0 Å². The number of hydrogen-bond donors (Lipinski definition) is 2. The van der Waals surface area contributed by atoms with E-state index >= 15 is 0 Å². The number of aliphatic carboxylic acids is 1. The number of rotatable bonds is 5. The maximum Gasteiger partial charge on any atom is 0.490 e. The lowest BCUT2D eigenvalue weighted by Gasteiger charge is -2.30. The van der Waals surface area contributed by atoms with Crippen LogP contribution < -0.4 is 10.1 Å². The van der Waals surface area contributed by atoms with E-state index in [0.717, 1.165) is 37.3 Å². The average molecular weight is 542 g/mol. The molecule has 0 radical (unpaired) electrons. The molecule has 37 heavy (non-hydrogen) atoms. The lowest BCUT2D eigenvalue weighted by Crippen LogP contribution is -2.32. The summed E-state index contributed by atoms with van der Waals surface area (Å²) in [7, 11) is 3.67. The lowest BCUT2D eigenvalue weighted by molar-refractivity contribution is -0.192. The molecule has 0 saturated carbocycles. The summed E-state index contributed by atoms with van der Waals surface area (Å²) >= 11 is 6.49. The van der Waals surface area contributed by atoms with Gasteiger partial charge in [0.05, 0.1) is 35.1 Å². The van der Waals surface area contributed by atoms with Crippen LogP contribution in [-0.4, -0.2) is 69.7 Å². The summed E-state index contributed by atoms with van der Waals surface area (Å²) in [6.07, 6.45) is 0.703. The Morgan fingerprint density at radius 1 is 1.16 bits per heavy atom. The van der Waals surface area contributed by atoms with Crippen molar-refractivity contribution in [1.29, 1.82) is 0 Å². The van der Waals surface area contributed by atoms with E-state index in [1.807, 2.05) is 46.8 Å². The van der Waals surface area contributed by atoms with E-state index in [-0.39, 0.29) is 11.9 Å². The van der Waals surface area contributed by atoms with Gasteiger partial charge in [-0.2, -0.15) is 18.3 Å². The molecule has 2 aromatic heterocycles. The van der Waals surface area contributed by atoms with Gasteiger partial charge in [0.25, 0.3) is 5.91 Å². The number of hydrogen-bond acceptors (Lipinski definition) is 5. The summed E-state index contributed by atoms with van der Waals surface area (Å²) < 4.78 is 41.1. The standard InChI is InChI=1S/C22H26ClN5O2.C2HF3O2/c1-15-12-21(28(25-15)16-6-10-26(2)11-7-16)24-22(29)17-13-18(23)19(14-20(17)30-3)27-8-4-5-9-27;3-2(4,5)1(6)7/h4-5,8-9,12-14,16H,6-7,10-11H2,1-3H3,(H,24,29);(H,6,7). The number of piperidine rings is 1. The molecule has 0 atom stereocenters. The highest BCUT2D eigenvalue weighted by Crippen LogP contribution is 2.31. The number of benzene rings is 1. The summed E-state index contributed by atoms with van der Waals surface area (Å²) in [5, 5.41) is 15.2. The van der Waals surface area contributed by atoms with Crippen molar-refractivity contribution in [1.82, 2.24) is 19.2 Å². The van der Waals surface area contributed by atoms with Crippen LogP contribution in [0.4, 0.5) is 19.0 Å². The van der Waals surface area contributed by atoms with Crippen molar-refractivity contribution in [3.05, 3.63) is 59.0 Å². The van der Waals surface area contributed by atoms with Gasteiger partial charge in [0.15, 0.2) is 0 Å². The van der Waals surface area contributed by atoms with Gasteiger partial charge in [-0.15, -0.1) is 0 Å². The van der Waals surface area contributed by atoms with Gasteiger partial charge in [-0.25, -0.2) is 9.48 Å². The maximum absolute atomic E-state index is 13.1. The van der Waals surface area contributed by atoms with Gasteiger partial charge >= 0.3 is 12.1 Å². The number of carbonyl (C=O) groups excluding carboxylic acids is 1. The highest BCUT2D eigenvalue weighted by Gasteiger charge is 2.38. The highest BCUT2D eigenvalue weighted by atomic mass is 35.5. The number of alkyl halides is 3. The SMILES string of the molecule is COc1cc(-n2cccc2)c(Cl)cc1C(=O)Nc1cc(C)nn1C1CCN(C)CC1.O=C(O)C(F)(F)F. The Labute approximate surface area is 216 Å². The lowest BCUT2D eigenvalue weighted by atomic mass is 10.1. The molecule has 1 fully saturated rings. The van der Waals surface area contributed by atoms with E-state index in [1.54, 1.807) is 19.2 Å². The van der Waals surface area contributed by atoms with Crippen molar-refractivity contribution in [3.63, 3.8) is 0 Å². The molecule has 3 heterocycles. The molecule has 0 aliphatic carbocycles. The molecule has 4 rings (SSSR count). The fourth-order valence-corrected chi connectivity index (χ4v) is 4.15. The summed E-state index contributed by atoms with van der Waals surface area (Å²) in [6, 6.07) is 9.42. The summed E-state index contributed by atoms with van der Waals surface area (Å²) in [5.74, 6) is -1.88. The second-order valence-corrected chi connectivity index (χ2v) is 8.91. The van der Waals surface area contributed by atoms with E-state index in [2.05, 4.69) is 22.4 Å². The Morgan fingerprint density at radius 3 is 2.30 bits per heavy atom. The molecule has 0 spiro atoms. The largest absolute Gasteiger partial charge is 0.496 e. The number of nitrogens with one attached hydrogen (secondary N) is 1. The number of amides is 1. The number of aromatic nitrogens is 3. The first-order chi connectivity index (χ1) is 17.4. The van der Waals surface area contributed by atoms with E-state index < -0.39 is 12.1 Å². The molecule has 200 valence electrons. The first-order valence-corrected chi connectivity index (χ1v) is 11.7. The average Bonchev–Trinajstić information content (AvgIpc) is 3.49. The minimum absolute atomic E-state index is 0.270. The Morgan fingerprint density at radius 2 is 1.76 bits per heavy atom. The topological polar surface area (TPSA) is 102 Å². The van der Waals surface area contributed by atoms with Crippen LogP contribution in [0.15, 0.2) is 42.7 Å². The molecule has 13 heteroatoms. The van der Waals surface area contributed by atoms with Crippen molar-refractivity contribution in [3.8, 4) is 11.4 Å². The molecule has 1 aliphatic heterocycles. The van der Waals surface area contributed by atoms with Crippen molar-refractivity contribution in [2.45, 2.75) is 32.0 Å². The smallest absolute Gasteiger partial charge is 0.490 e. The number of likely N-dealkylation sites (tertiary alicyclic amines) is 1. The zero-order valence-electron chi connectivity index (χ0n) is 20.4. The fourth-order valence-electron chi connectivity index (χ4n) is 3.89. The quantitative estimate of drug-likeness (QED) is 0.481. The van der Waals surface area contributed by atoms with Gasteiger partial charge in [-0.3, -0.25) is 4.79 Å². The zero-order chi connectivity index (χ0) is 27.3. The Balaban J connectivity index is 0.000000479. The Kier molecular flexibility index (Phi) is 8.87. The molecule has 1 aliphatic rings. The number of carboxylic acids is 1. The first-order valence-electron chi connectivity index (χ1n) is 11.3. The van der Waals surface area contributed by atoms with E-state index in [0.29, 0.717) is 22.2 Å². The van der Waals surface area contributed by atoms with Crippen LogP contribution in [-0.2, 0) is 4.79 Å². The van der Waals surface area contributed by atoms with Gasteiger partial charge < -0.3 is 24.6 Å². The molecule has 3 aromatic rings.